The average molecular weight is 592 g/mol. The van der Waals surface area contributed by atoms with Gasteiger partial charge in [0.05, 0.1) is 0 Å². The zero-order valence-corrected chi connectivity index (χ0v) is 11.7. The Kier molecular flexibility index (Phi) is 68.8. The van der Waals surface area contributed by atoms with Gasteiger partial charge in [-0.1, -0.05) is 0 Å². The van der Waals surface area contributed by atoms with Crippen molar-refractivity contribution < 1.29 is 33.0 Å². The fraction of sp³-hybridized carbons (Fsp3) is 0. The quantitative estimate of drug-likeness (QED) is 0.385. The van der Waals surface area contributed by atoms with Crippen LogP contribution in [0.5, 0.6) is 0 Å². The fourth-order valence-electron chi connectivity index (χ4n) is 0. The minimum absolute atomic E-state index is 0. The molecular weight excluding hydrogens is 588 g/mol. The summed E-state index contributed by atoms with van der Waals surface area (Å²) in [5.74, 6) is 0. The first kappa shape index (κ1) is 39.4. The van der Waals surface area contributed by atoms with Crippen molar-refractivity contribution in [1.29, 1.82) is 0 Å². The standard InChI is InChI=1S/4ClH.4HN.2Pt/h8*1H;;/q;;;;4*-1;2*+2/p-4. The van der Waals surface area contributed by atoms with Crippen molar-refractivity contribution in [1.82, 2.24) is 0 Å². The van der Waals surface area contributed by atoms with E-state index in [0.717, 1.165) is 0 Å². The number of nitrogens with one attached hydrogen (secondary N) is 4. The first-order chi connectivity index (χ1) is 2.00. The topological polar surface area (TPSA) is 128 Å². The van der Waals surface area contributed by atoms with Crippen molar-refractivity contribution in [3.8, 4) is 0 Å². The molecule has 0 aliphatic heterocycles. The van der Waals surface area contributed by atoms with E-state index in [1.165, 1.54) is 0 Å². The molecule has 0 heterocycles. The minimum atomic E-state index is -3.06. The Morgan fingerprint density at radius 3 is 0.600 bits per heavy atom. The molecule has 0 amide bonds. The molecule has 0 bridgehead atoms. The molecule has 0 aromatic heterocycles. The Morgan fingerprint density at radius 2 is 0.600 bits per heavy atom. The Hall–Kier alpha value is 2.38. The van der Waals surface area contributed by atoms with E-state index < -0.39 is 11.9 Å². The van der Waals surface area contributed by atoms with Crippen molar-refractivity contribution in [3.63, 3.8) is 0 Å². The molecule has 0 aliphatic carbocycles. The molecule has 0 saturated heterocycles. The van der Waals surface area contributed by atoms with E-state index in [4.69, 9.17) is 37.7 Å². The van der Waals surface area contributed by atoms with Crippen LogP contribution < -0.4 is 0 Å². The summed E-state index contributed by atoms with van der Waals surface area (Å²) in [5.41, 5.74) is 0. The van der Waals surface area contributed by atoms with Gasteiger partial charge < -0.3 is 24.6 Å². The summed E-state index contributed by atoms with van der Waals surface area (Å²) in [4.78, 5) is 0. The van der Waals surface area contributed by atoms with Crippen LogP contribution >= 0.6 is 37.7 Å². The fourth-order valence-corrected chi connectivity index (χ4v) is 0. The number of rotatable bonds is 0. The van der Waals surface area contributed by atoms with Gasteiger partial charge in [-0.15, -0.1) is 0 Å². The van der Waals surface area contributed by atoms with Crippen LogP contribution in [0, 0.1) is 0 Å². The van der Waals surface area contributed by atoms with Gasteiger partial charge in [-0.05, 0) is 0 Å². The van der Waals surface area contributed by atoms with Crippen molar-refractivity contribution in [2.75, 3.05) is 0 Å². The summed E-state index contributed by atoms with van der Waals surface area (Å²) >= 11 is -3.06. The van der Waals surface area contributed by atoms with Gasteiger partial charge in [-0.25, -0.2) is 0 Å². The van der Waals surface area contributed by atoms with Crippen LogP contribution in [0.25, 0.3) is 24.6 Å². The summed E-state index contributed by atoms with van der Waals surface area (Å²) in [7, 11) is 20.0. The molecule has 10 heteroatoms. The van der Waals surface area contributed by atoms with E-state index in [2.05, 4.69) is 0 Å². The average Bonchev–Trinajstić information content (AvgIpc) is 0.722. The summed E-state index contributed by atoms with van der Waals surface area (Å²) < 4.78 is 0. The van der Waals surface area contributed by atoms with E-state index in [1.807, 2.05) is 0 Å². The zero-order valence-electron chi connectivity index (χ0n) is 4.14. The molecular formula is H4Cl4N4Pt2-4. The van der Waals surface area contributed by atoms with Gasteiger partial charge in [0.15, 0.2) is 0 Å². The van der Waals surface area contributed by atoms with Crippen LogP contribution in [0.15, 0.2) is 0 Å². The third kappa shape index (κ3) is 162. The second-order valence-corrected chi connectivity index (χ2v) is 20.0. The van der Waals surface area contributed by atoms with Crippen LogP contribution in [0.3, 0.4) is 0 Å². The Labute approximate surface area is 94.2 Å². The maximum Gasteiger partial charge on any atom is 2.00 e. The maximum atomic E-state index is 5.01. The monoisotopic (exact) mass is 590 g/mol. The van der Waals surface area contributed by atoms with Gasteiger partial charge in [0.25, 0.3) is 0 Å². The maximum absolute atomic E-state index is 5.01. The molecule has 0 atom stereocenters. The Morgan fingerprint density at radius 1 is 0.600 bits per heavy atom. The predicted octanol–water partition coefficient (Wildman–Crippen LogP) is 4.76. The van der Waals surface area contributed by atoms with Gasteiger partial charge >= 0.3 is 70.6 Å². The van der Waals surface area contributed by atoms with Gasteiger partial charge in [0, 0.05) is 0 Å². The molecule has 76 valence electrons. The molecule has 0 aliphatic rings. The van der Waals surface area contributed by atoms with Crippen molar-refractivity contribution >= 4 is 37.7 Å². The summed E-state index contributed by atoms with van der Waals surface area (Å²) in [6.45, 7) is 0. The van der Waals surface area contributed by atoms with Crippen LogP contribution in [-0.2, 0) is 33.0 Å². The Bertz CT molecular complexity index is 30.7. The molecule has 0 aromatic rings. The van der Waals surface area contributed by atoms with Gasteiger partial charge in [-0.3, -0.25) is 0 Å². The molecule has 0 fully saturated rings. The van der Waals surface area contributed by atoms with Crippen LogP contribution in [0.2, 0.25) is 0 Å². The van der Waals surface area contributed by atoms with Crippen molar-refractivity contribution in [3.05, 3.63) is 24.6 Å². The summed E-state index contributed by atoms with van der Waals surface area (Å²) in [6.07, 6.45) is 0. The van der Waals surface area contributed by atoms with Crippen molar-refractivity contribution in [2.45, 2.75) is 0 Å². The third-order valence-corrected chi connectivity index (χ3v) is 0. The second-order valence-electron chi connectivity index (χ2n) is 0.271. The number of hydrogen-bond donors (Lipinski definition) is 0. The van der Waals surface area contributed by atoms with E-state index in [1.54, 1.807) is 0 Å². The van der Waals surface area contributed by atoms with Crippen molar-refractivity contribution in [2.24, 2.45) is 0 Å². The molecule has 4 N–H and O–H groups in total. The van der Waals surface area contributed by atoms with Gasteiger partial charge in [0.2, 0.25) is 0 Å². The molecule has 0 unspecified atom stereocenters. The molecule has 0 spiro atoms. The molecule has 0 rings (SSSR count). The first-order valence-corrected chi connectivity index (χ1v) is 11.7. The van der Waals surface area contributed by atoms with Gasteiger partial charge in [0.1, 0.15) is 0 Å². The molecule has 4 nitrogen and oxygen atoms in total. The number of hydrogen-bond acceptors (Lipinski definition) is 0. The van der Waals surface area contributed by atoms with E-state index in [0.29, 0.717) is 0 Å². The largest absolute Gasteiger partial charge is 2.00 e. The van der Waals surface area contributed by atoms with Gasteiger partial charge in [-0.2, -0.15) is 0 Å². The second kappa shape index (κ2) is 17.5. The van der Waals surface area contributed by atoms with Crippen LogP contribution in [0.1, 0.15) is 0 Å². The molecule has 0 saturated carbocycles. The summed E-state index contributed by atoms with van der Waals surface area (Å²) in [6, 6.07) is 0. The van der Waals surface area contributed by atoms with E-state index in [9.17, 15) is 0 Å². The van der Waals surface area contributed by atoms with Crippen LogP contribution in [0.4, 0.5) is 0 Å². The summed E-state index contributed by atoms with van der Waals surface area (Å²) in [5, 5.41) is 0. The zero-order chi connectivity index (χ0) is 4.50. The van der Waals surface area contributed by atoms with E-state index >= 15 is 0 Å². The van der Waals surface area contributed by atoms with Crippen LogP contribution in [-0.4, -0.2) is 0 Å². The SMILES string of the molecule is [Cl][Pt-2]([Cl])([Cl])[Cl].[NH-].[NH-].[NH-].[NH-].[Pt+2]. The first-order valence-electron chi connectivity index (χ1n) is 0.478. The number of halogens is 4. The Balaban J connectivity index is -0.00000000800. The molecule has 10 heavy (non-hydrogen) atoms. The van der Waals surface area contributed by atoms with E-state index in [-0.39, 0.29) is 45.7 Å². The predicted molar refractivity (Wildman–Crippen MR) is 40.7 cm³/mol. The smallest absolute Gasteiger partial charge is 0.826 e. The normalized spacial score (nSPS) is 7.60. The molecule has 4 radical (unpaired) electrons. The molecule has 0 aromatic carbocycles. The third-order valence-electron chi connectivity index (χ3n) is 0. The minimum Gasteiger partial charge on any atom is -0.826 e.